The van der Waals surface area contributed by atoms with E-state index in [1.54, 1.807) is 56.5 Å². The Bertz CT molecular complexity index is 729. The molecule has 0 saturated carbocycles. The van der Waals surface area contributed by atoms with E-state index in [4.69, 9.17) is 18.9 Å². The number of carbonyl (C=O) groups is 2. The lowest BCUT2D eigenvalue weighted by molar-refractivity contribution is 0.0450. The number of hydrogen-bond acceptors (Lipinski definition) is 6. The molecule has 0 aromatic heterocycles. The zero-order chi connectivity index (χ0) is 18.8. The SMILES string of the molecule is CCOC(=O)Nc1cccc(C(=O)OCCOc2ccc(OC)cc2)c1. The Kier molecular flexibility index (Phi) is 7.30. The van der Waals surface area contributed by atoms with Crippen LogP contribution in [-0.4, -0.2) is 39.0 Å². The van der Waals surface area contributed by atoms with Crippen molar-refractivity contribution in [3.63, 3.8) is 0 Å². The van der Waals surface area contributed by atoms with Crippen molar-refractivity contribution in [1.82, 2.24) is 0 Å². The molecule has 0 aliphatic rings. The van der Waals surface area contributed by atoms with E-state index < -0.39 is 12.1 Å². The third kappa shape index (κ3) is 6.01. The number of amides is 1. The van der Waals surface area contributed by atoms with Gasteiger partial charge in [0.1, 0.15) is 24.7 Å². The topological polar surface area (TPSA) is 83.1 Å². The summed E-state index contributed by atoms with van der Waals surface area (Å²) in [4.78, 5) is 23.5. The quantitative estimate of drug-likeness (QED) is 0.574. The first-order chi connectivity index (χ1) is 12.6. The lowest BCUT2D eigenvalue weighted by Gasteiger charge is -2.09. The highest BCUT2D eigenvalue weighted by molar-refractivity contribution is 5.92. The molecule has 2 rings (SSSR count). The standard InChI is InChI=1S/C19H21NO6/c1-3-24-19(22)20-15-6-4-5-14(13-15)18(21)26-12-11-25-17-9-7-16(23-2)8-10-17/h4-10,13H,3,11-12H2,1-2H3,(H,20,22). The zero-order valence-electron chi connectivity index (χ0n) is 14.7. The van der Waals surface area contributed by atoms with Crippen molar-refractivity contribution in [2.45, 2.75) is 6.92 Å². The summed E-state index contributed by atoms with van der Waals surface area (Å²) >= 11 is 0. The first-order valence-corrected chi connectivity index (χ1v) is 8.10. The number of methoxy groups -OCH3 is 1. The normalized spacial score (nSPS) is 9.92. The molecule has 7 heteroatoms. The number of carbonyl (C=O) groups excluding carboxylic acids is 2. The Morgan fingerprint density at radius 1 is 0.962 bits per heavy atom. The van der Waals surface area contributed by atoms with Crippen molar-refractivity contribution >= 4 is 17.7 Å². The van der Waals surface area contributed by atoms with Gasteiger partial charge in [-0.3, -0.25) is 5.32 Å². The largest absolute Gasteiger partial charge is 0.497 e. The van der Waals surface area contributed by atoms with Crippen LogP contribution in [0.1, 0.15) is 17.3 Å². The number of ether oxygens (including phenoxy) is 4. The molecule has 0 fully saturated rings. The molecule has 0 spiro atoms. The van der Waals surface area contributed by atoms with Crippen molar-refractivity contribution in [2.24, 2.45) is 0 Å². The molecule has 0 bridgehead atoms. The molecule has 0 saturated heterocycles. The summed E-state index contributed by atoms with van der Waals surface area (Å²) in [5.41, 5.74) is 0.774. The van der Waals surface area contributed by atoms with Gasteiger partial charge >= 0.3 is 12.1 Å². The van der Waals surface area contributed by atoms with Gasteiger partial charge in [0.2, 0.25) is 0 Å². The minimum atomic E-state index is -0.578. The smallest absolute Gasteiger partial charge is 0.411 e. The molecule has 138 valence electrons. The van der Waals surface area contributed by atoms with Gasteiger partial charge in [0.05, 0.1) is 19.3 Å². The van der Waals surface area contributed by atoms with E-state index in [1.807, 2.05) is 0 Å². The van der Waals surface area contributed by atoms with Crippen LogP contribution in [0.5, 0.6) is 11.5 Å². The van der Waals surface area contributed by atoms with E-state index in [-0.39, 0.29) is 19.8 Å². The maximum atomic E-state index is 12.1. The Morgan fingerprint density at radius 3 is 2.38 bits per heavy atom. The van der Waals surface area contributed by atoms with Crippen LogP contribution in [0.4, 0.5) is 10.5 Å². The van der Waals surface area contributed by atoms with Crippen LogP contribution < -0.4 is 14.8 Å². The molecule has 2 aromatic carbocycles. The van der Waals surface area contributed by atoms with Gasteiger partial charge in [-0.25, -0.2) is 9.59 Å². The third-order valence-corrected chi connectivity index (χ3v) is 3.26. The molecule has 7 nitrogen and oxygen atoms in total. The van der Waals surface area contributed by atoms with Crippen LogP contribution in [-0.2, 0) is 9.47 Å². The number of nitrogens with one attached hydrogen (secondary N) is 1. The fourth-order valence-electron chi connectivity index (χ4n) is 2.06. The van der Waals surface area contributed by atoms with Crippen molar-refractivity contribution in [1.29, 1.82) is 0 Å². The molecule has 0 atom stereocenters. The van der Waals surface area contributed by atoms with Crippen molar-refractivity contribution < 1.29 is 28.5 Å². The van der Waals surface area contributed by atoms with E-state index >= 15 is 0 Å². The van der Waals surface area contributed by atoms with Gasteiger partial charge in [-0.15, -0.1) is 0 Å². The van der Waals surface area contributed by atoms with Crippen molar-refractivity contribution in [2.75, 3.05) is 32.2 Å². The maximum Gasteiger partial charge on any atom is 0.411 e. The summed E-state index contributed by atoms with van der Waals surface area (Å²) < 4.78 is 20.5. The number of benzene rings is 2. The molecule has 0 radical (unpaired) electrons. The average molecular weight is 359 g/mol. The first kappa shape index (κ1) is 19.1. The molecule has 0 aliphatic heterocycles. The molecular weight excluding hydrogens is 338 g/mol. The number of hydrogen-bond donors (Lipinski definition) is 1. The maximum absolute atomic E-state index is 12.1. The van der Waals surface area contributed by atoms with Crippen LogP contribution in [0.3, 0.4) is 0 Å². The van der Waals surface area contributed by atoms with E-state index in [1.165, 1.54) is 6.07 Å². The fraction of sp³-hybridized carbons (Fsp3) is 0.263. The van der Waals surface area contributed by atoms with Crippen molar-refractivity contribution in [3.05, 3.63) is 54.1 Å². The molecular formula is C19H21NO6. The van der Waals surface area contributed by atoms with Gasteiger partial charge in [-0.05, 0) is 49.4 Å². The van der Waals surface area contributed by atoms with Gasteiger partial charge in [-0.1, -0.05) is 6.07 Å². The zero-order valence-corrected chi connectivity index (χ0v) is 14.7. The lowest BCUT2D eigenvalue weighted by Crippen LogP contribution is -2.15. The number of anilines is 1. The lowest BCUT2D eigenvalue weighted by atomic mass is 10.2. The highest BCUT2D eigenvalue weighted by Crippen LogP contribution is 2.17. The monoisotopic (exact) mass is 359 g/mol. The Balaban J connectivity index is 1.79. The Morgan fingerprint density at radius 2 is 1.69 bits per heavy atom. The minimum Gasteiger partial charge on any atom is -0.497 e. The second-order valence-electron chi connectivity index (χ2n) is 5.09. The number of esters is 1. The van der Waals surface area contributed by atoms with Crippen LogP contribution in [0.25, 0.3) is 0 Å². The summed E-state index contributed by atoms with van der Waals surface area (Å²) in [5, 5.41) is 2.53. The minimum absolute atomic E-state index is 0.0976. The molecule has 0 aliphatic carbocycles. The van der Waals surface area contributed by atoms with E-state index in [0.717, 1.165) is 5.75 Å². The average Bonchev–Trinajstić information content (AvgIpc) is 2.66. The molecule has 1 amide bonds. The predicted molar refractivity (Wildman–Crippen MR) is 95.9 cm³/mol. The molecule has 0 unspecified atom stereocenters. The molecule has 1 N–H and O–H groups in total. The summed E-state index contributed by atoms with van der Waals surface area (Å²) in [7, 11) is 1.59. The van der Waals surface area contributed by atoms with Crippen LogP contribution in [0.2, 0.25) is 0 Å². The number of rotatable bonds is 8. The second-order valence-corrected chi connectivity index (χ2v) is 5.09. The highest BCUT2D eigenvalue weighted by atomic mass is 16.6. The molecule has 2 aromatic rings. The van der Waals surface area contributed by atoms with E-state index in [9.17, 15) is 9.59 Å². The van der Waals surface area contributed by atoms with Gasteiger partial charge in [-0.2, -0.15) is 0 Å². The summed E-state index contributed by atoms with van der Waals surface area (Å²) in [6.45, 7) is 2.29. The summed E-state index contributed by atoms with van der Waals surface area (Å²) in [6, 6.07) is 13.5. The van der Waals surface area contributed by atoms with Gasteiger partial charge in [0.15, 0.2) is 0 Å². The Hall–Kier alpha value is -3.22. The highest BCUT2D eigenvalue weighted by Gasteiger charge is 2.09. The summed E-state index contributed by atoms with van der Waals surface area (Å²) in [6.07, 6.45) is -0.578. The van der Waals surface area contributed by atoms with Crippen LogP contribution >= 0.6 is 0 Å². The van der Waals surface area contributed by atoms with Gasteiger partial charge in [0.25, 0.3) is 0 Å². The fourth-order valence-corrected chi connectivity index (χ4v) is 2.06. The van der Waals surface area contributed by atoms with Crippen LogP contribution in [0.15, 0.2) is 48.5 Å². The molecule has 26 heavy (non-hydrogen) atoms. The predicted octanol–water partition coefficient (Wildman–Crippen LogP) is 3.50. The first-order valence-electron chi connectivity index (χ1n) is 8.10. The second kappa shape index (κ2) is 9.93. The van der Waals surface area contributed by atoms with Crippen LogP contribution in [0, 0.1) is 0 Å². The van der Waals surface area contributed by atoms with E-state index in [2.05, 4.69) is 5.32 Å². The third-order valence-electron chi connectivity index (χ3n) is 3.26. The van der Waals surface area contributed by atoms with Gasteiger partial charge < -0.3 is 18.9 Å². The Labute approximate surface area is 151 Å². The summed E-state index contributed by atoms with van der Waals surface area (Å²) in [5.74, 6) is 0.887. The molecule has 0 heterocycles. The van der Waals surface area contributed by atoms with Gasteiger partial charge in [0, 0.05) is 5.69 Å². The van der Waals surface area contributed by atoms with Crippen molar-refractivity contribution in [3.8, 4) is 11.5 Å². The van der Waals surface area contributed by atoms with E-state index in [0.29, 0.717) is 17.0 Å².